The van der Waals surface area contributed by atoms with E-state index in [2.05, 4.69) is 14.8 Å². The molecule has 6 nitrogen and oxygen atoms in total. The van der Waals surface area contributed by atoms with Gasteiger partial charge in [-0.3, -0.25) is 9.67 Å². The zero-order chi connectivity index (χ0) is 14.0. The summed E-state index contributed by atoms with van der Waals surface area (Å²) in [5.41, 5.74) is 1.93. The predicted molar refractivity (Wildman–Crippen MR) is 70.9 cm³/mol. The van der Waals surface area contributed by atoms with Gasteiger partial charge in [0.15, 0.2) is 0 Å². The molecular formula is C12H16N4O2S. The molecule has 1 N–H and O–H groups in total. The van der Waals surface area contributed by atoms with Crippen molar-refractivity contribution in [3.8, 4) is 0 Å². The standard InChI is InChI=1S/C12H16N4O2S/c1-9-12(10(2)16(3)15-9)19(17,18)14-8-11-5-4-6-13-7-11/h4-7,14H,8H2,1-3H3. The van der Waals surface area contributed by atoms with E-state index in [0.717, 1.165) is 5.56 Å². The van der Waals surface area contributed by atoms with Gasteiger partial charge >= 0.3 is 0 Å². The third-order valence-electron chi connectivity index (χ3n) is 2.90. The highest BCUT2D eigenvalue weighted by Crippen LogP contribution is 2.18. The number of nitrogens with one attached hydrogen (secondary N) is 1. The number of hydrogen-bond donors (Lipinski definition) is 1. The molecule has 0 fully saturated rings. The molecule has 102 valence electrons. The second kappa shape index (κ2) is 5.10. The van der Waals surface area contributed by atoms with Gasteiger partial charge in [0, 0.05) is 26.0 Å². The van der Waals surface area contributed by atoms with Crippen molar-refractivity contribution in [1.82, 2.24) is 19.5 Å². The van der Waals surface area contributed by atoms with Crippen LogP contribution in [0.25, 0.3) is 0 Å². The van der Waals surface area contributed by atoms with Crippen molar-refractivity contribution in [3.63, 3.8) is 0 Å². The molecule has 0 spiro atoms. The number of nitrogens with zero attached hydrogens (tertiary/aromatic N) is 3. The Morgan fingerprint density at radius 1 is 1.37 bits per heavy atom. The van der Waals surface area contributed by atoms with E-state index in [0.29, 0.717) is 11.4 Å². The number of hydrogen-bond acceptors (Lipinski definition) is 4. The van der Waals surface area contributed by atoms with Crippen LogP contribution in [-0.2, 0) is 23.6 Å². The fourth-order valence-corrected chi connectivity index (χ4v) is 3.35. The summed E-state index contributed by atoms with van der Waals surface area (Å²) >= 11 is 0. The summed E-state index contributed by atoms with van der Waals surface area (Å²) in [6.45, 7) is 3.63. The number of aryl methyl sites for hydroxylation is 2. The van der Waals surface area contributed by atoms with Crippen LogP contribution in [-0.4, -0.2) is 23.2 Å². The molecule has 2 rings (SSSR count). The van der Waals surface area contributed by atoms with Gasteiger partial charge in [-0.1, -0.05) is 6.07 Å². The first-order valence-electron chi connectivity index (χ1n) is 5.80. The van der Waals surface area contributed by atoms with E-state index in [4.69, 9.17) is 0 Å². The van der Waals surface area contributed by atoms with Crippen LogP contribution >= 0.6 is 0 Å². The number of aromatic nitrogens is 3. The molecule has 2 heterocycles. The van der Waals surface area contributed by atoms with Gasteiger partial charge in [-0.05, 0) is 25.5 Å². The monoisotopic (exact) mass is 280 g/mol. The molecule has 0 unspecified atom stereocenters. The Morgan fingerprint density at radius 2 is 2.11 bits per heavy atom. The van der Waals surface area contributed by atoms with Crippen molar-refractivity contribution in [2.75, 3.05) is 0 Å². The smallest absolute Gasteiger partial charge is 0.244 e. The molecule has 0 saturated carbocycles. The van der Waals surface area contributed by atoms with Crippen molar-refractivity contribution in [1.29, 1.82) is 0 Å². The maximum atomic E-state index is 12.3. The second-order valence-corrected chi connectivity index (χ2v) is 6.01. The van der Waals surface area contributed by atoms with Crippen LogP contribution in [0.3, 0.4) is 0 Å². The molecule has 19 heavy (non-hydrogen) atoms. The average Bonchev–Trinajstić information content (AvgIpc) is 2.63. The first kappa shape index (κ1) is 13.7. The maximum Gasteiger partial charge on any atom is 0.244 e. The highest BCUT2D eigenvalue weighted by molar-refractivity contribution is 7.89. The molecule has 0 amide bonds. The summed E-state index contributed by atoms with van der Waals surface area (Å²) in [5.74, 6) is 0. The molecule has 0 atom stereocenters. The lowest BCUT2D eigenvalue weighted by molar-refractivity contribution is 0.579. The molecule has 7 heteroatoms. The Morgan fingerprint density at radius 3 is 2.63 bits per heavy atom. The van der Waals surface area contributed by atoms with Gasteiger partial charge in [0.1, 0.15) is 4.90 Å². The van der Waals surface area contributed by atoms with E-state index in [-0.39, 0.29) is 11.4 Å². The van der Waals surface area contributed by atoms with Crippen molar-refractivity contribution in [2.45, 2.75) is 25.3 Å². The minimum absolute atomic E-state index is 0.212. The van der Waals surface area contributed by atoms with Crippen LogP contribution in [0.1, 0.15) is 17.0 Å². The third-order valence-corrected chi connectivity index (χ3v) is 4.55. The van der Waals surface area contributed by atoms with E-state index < -0.39 is 10.0 Å². The summed E-state index contributed by atoms with van der Waals surface area (Å²) in [4.78, 5) is 4.20. The minimum atomic E-state index is -3.56. The van der Waals surface area contributed by atoms with Gasteiger partial charge < -0.3 is 0 Å². The Kier molecular flexibility index (Phi) is 3.68. The first-order chi connectivity index (χ1) is 8.92. The van der Waals surface area contributed by atoms with Crippen LogP contribution < -0.4 is 4.72 Å². The Labute approximate surface area is 112 Å². The summed E-state index contributed by atoms with van der Waals surface area (Å²) in [5, 5.41) is 4.12. The normalized spacial score (nSPS) is 11.7. The Hall–Kier alpha value is -1.73. The Bertz CT molecular complexity index is 677. The highest BCUT2D eigenvalue weighted by atomic mass is 32.2. The van der Waals surface area contributed by atoms with Crippen LogP contribution in [0.4, 0.5) is 0 Å². The van der Waals surface area contributed by atoms with Crippen molar-refractivity contribution >= 4 is 10.0 Å². The van der Waals surface area contributed by atoms with E-state index in [1.54, 1.807) is 44.0 Å². The Balaban J connectivity index is 2.24. The van der Waals surface area contributed by atoms with E-state index in [1.165, 1.54) is 0 Å². The first-order valence-corrected chi connectivity index (χ1v) is 7.29. The van der Waals surface area contributed by atoms with Gasteiger partial charge in [0.25, 0.3) is 0 Å². The fraction of sp³-hybridized carbons (Fsp3) is 0.333. The lowest BCUT2D eigenvalue weighted by Gasteiger charge is -2.07. The summed E-state index contributed by atoms with van der Waals surface area (Å²) < 4.78 is 28.7. The number of pyridine rings is 1. The van der Waals surface area contributed by atoms with Crippen molar-refractivity contribution in [2.24, 2.45) is 7.05 Å². The lowest BCUT2D eigenvalue weighted by atomic mass is 10.3. The topological polar surface area (TPSA) is 76.9 Å². The third kappa shape index (κ3) is 2.82. The van der Waals surface area contributed by atoms with E-state index >= 15 is 0 Å². The highest BCUT2D eigenvalue weighted by Gasteiger charge is 2.23. The van der Waals surface area contributed by atoms with E-state index in [9.17, 15) is 8.42 Å². The quantitative estimate of drug-likeness (QED) is 0.903. The van der Waals surface area contributed by atoms with Gasteiger partial charge in [0.05, 0.1) is 11.4 Å². The van der Waals surface area contributed by atoms with Crippen molar-refractivity contribution in [3.05, 3.63) is 41.5 Å². The zero-order valence-electron chi connectivity index (χ0n) is 11.1. The van der Waals surface area contributed by atoms with Crippen LogP contribution in [0, 0.1) is 13.8 Å². The van der Waals surface area contributed by atoms with Crippen LogP contribution in [0.2, 0.25) is 0 Å². The maximum absolute atomic E-state index is 12.3. The fourth-order valence-electron chi connectivity index (χ4n) is 1.90. The molecular weight excluding hydrogens is 264 g/mol. The second-order valence-electron chi connectivity index (χ2n) is 4.31. The molecule has 0 aliphatic rings. The van der Waals surface area contributed by atoms with E-state index in [1.807, 2.05) is 6.07 Å². The lowest BCUT2D eigenvalue weighted by Crippen LogP contribution is -2.24. The molecule has 0 aromatic carbocycles. The molecule has 0 aliphatic heterocycles. The van der Waals surface area contributed by atoms with Gasteiger partial charge in [-0.2, -0.15) is 5.10 Å². The van der Waals surface area contributed by atoms with Crippen LogP contribution in [0.5, 0.6) is 0 Å². The predicted octanol–water partition coefficient (Wildman–Crippen LogP) is 0.910. The van der Waals surface area contributed by atoms with Gasteiger partial charge in [-0.25, -0.2) is 13.1 Å². The van der Waals surface area contributed by atoms with Crippen LogP contribution in [0.15, 0.2) is 29.4 Å². The number of rotatable bonds is 4. The molecule has 0 radical (unpaired) electrons. The largest absolute Gasteiger partial charge is 0.271 e. The van der Waals surface area contributed by atoms with Crippen molar-refractivity contribution < 1.29 is 8.42 Å². The summed E-state index contributed by atoms with van der Waals surface area (Å²) in [6, 6.07) is 3.59. The summed E-state index contributed by atoms with van der Waals surface area (Å²) in [6.07, 6.45) is 3.28. The van der Waals surface area contributed by atoms with Gasteiger partial charge in [-0.15, -0.1) is 0 Å². The molecule has 0 bridgehead atoms. The summed E-state index contributed by atoms with van der Waals surface area (Å²) in [7, 11) is -1.84. The zero-order valence-corrected chi connectivity index (χ0v) is 11.9. The molecule has 0 saturated heterocycles. The molecule has 0 aliphatic carbocycles. The number of sulfonamides is 1. The molecule has 2 aromatic heterocycles. The molecule has 2 aromatic rings. The van der Waals surface area contributed by atoms with Gasteiger partial charge in [0.2, 0.25) is 10.0 Å². The SMILES string of the molecule is Cc1nn(C)c(C)c1S(=O)(=O)NCc1cccnc1. The average molecular weight is 280 g/mol. The minimum Gasteiger partial charge on any atom is -0.271 e.